The molecule has 0 N–H and O–H groups in total. The summed E-state index contributed by atoms with van der Waals surface area (Å²) in [5, 5.41) is 0. The molecule has 0 saturated carbocycles. The van der Waals surface area contributed by atoms with E-state index in [2.05, 4.69) is 13.8 Å². The van der Waals surface area contributed by atoms with E-state index >= 15 is 0 Å². The Morgan fingerprint density at radius 2 is 1.63 bits per heavy atom. The molecule has 0 spiro atoms. The van der Waals surface area contributed by atoms with Gasteiger partial charge in [-0.3, -0.25) is 0 Å². The predicted octanol–water partition coefficient (Wildman–Crippen LogP) is 4.20. The van der Waals surface area contributed by atoms with E-state index in [1.54, 1.807) is 13.8 Å². The molecule has 0 saturated heterocycles. The van der Waals surface area contributed by atoms with Gasteiger partial charge in [0.2, 0.25) is 5.79 Å². The molecule has 0 bridgehead atoms. The van der Waals surface area contributed by atoms with Crippen LogP contribution in [0.15, 0.2) is 0 Å². The highest BCUT2D eigenvalue weighted by Gasteiger charge is 2.26. The zero-order valence-electron chi connectivity index (χ0n) is 12.7. The molecule has 0 aliphatic carbocycles. The highest BCUT2D eigenvalue weighted by Crippen LogP contribution is 2.13. The molecule has 114 valence electrons. The molecule has 5 nitrogen and oxygen atoms in total. The lowest BCUT2D eigenvalue weighted by Crippen LogP contribution is -2.32. The molecule has 0 atom stereocenters. The third-order valence-corrected chi connectivity index (χ3v) is 2.39. The maximum atomic E-state index is 11.4. The average Bonchev–Trinajstić information content (AvgIpc) is 2.34. The van der Waals surface area contributed by atoms with Gasteiger partial charge in [-0.2, -0.15) is 4.89 Å². The normalized spacial score (nSPS) is 11.4. The summed E-state index contributed by atoms with van der Waals surface area (Å²) < 4.78 is 9.97. The zero-order valence-corrected chi connectivity index (χ0v) is 12.7. The van der Waals surface area contributed by atoms with Crippen LogP contribution in [0.5, 0.6) is 0 Å². The molecule has 5 heteroatoms. The fraction of sp³-hybridized carbons (Fsp3) is 0.929. The number of hydrogen-bond acceptors (Lipinski definition) is 5. The van der Waals surface area contributed by atoms with E-state index in [1.807, 2.05) is 0 Å². The van der Waals surface area contributed by atoms with E-state index in [1.165, 1.54) is 0 Å². The molecule has 0 aliphatic heterocycles. The van der Waals surface area contributed by atoms with Crippen LogP contribution in [0.3, 0.4) is 0 Å². The average molecular weight is 276 g/mol. The summed E-state index contributed by atoms with van der Waals surface area (Å²) in [5.41, 5.74) is 0. The molecule has 0 amide bonds. The van der Waals surface area contributed by atoms with E-state index in [0.29, 0.717) is 13.2 Å². The minimum atomic E-state index is -1.13. The van der Waals surface area contributed by atoms with Gasteiger partial charge in [-0.15, -0.1) is 0 Å². The Morgan fingerprint density at radius 1 is 0.947 bits per heavy atom. The van der Waals surface area contributed by atoms with Gasteiger partial charge in [-0.25, -0.2) is 9.68 Å². The van der Waals surface area contributed by atoms with E-state index < -0.39 is 11.9 Å². The van der Waals surface area contributed by atoms with Crippen LogP contribution in [-0.4, -0.2) is 25.2 Å². The summed E-state index contributed by atoms with van der Waals surface area (Å²) in [4.78, 5) is 21.4. The highest BCUT2D eigenvalue weighted by atomic mass is 17.2. The van der Waals surface area contributed by atoms with E-state index in [9.17, 15) is 4.79 Å². The summed E-state index contributed by atoms with van der Waals surface area (Å²) in [7, 11) is 0. The summed E-state index contributed by atoms with van der Waals surface area (Å²) >= 11 is 0. The van der Waals surface area contributed by atoms with Crippen LogP contribution in [0.4, 0.5) is 4.79 Å². The van der Waals surface area contributed by atoms with Crippen molar-refractivity contribution in [2.24, 2.45) is 0 Å². The minimum absolute atomic E-state index is 0.381. The topological polar surface area (TPSA) is 54.0 Å². The third kappa shape index (κ3) is 12.0. The van der Waals surface area contributed by atoms with Crippen LogP contribution >= 0.6 is 0 Å². The Labute approximate surface area is 116 Å². The fourth-order valence-corrected chi connectivity index (χ4v) is 1.32. The molecule has 0 radical (unpaired) electrons. The summed E-state index contributed by atoms with van der Waals surface area (Å²) in [6, 6.07) is 0. The van der Waals surface area contributed by atoms with Crippen LogP contribution in [0, 0.1) is 0 Å². The summed E-state index contributed by atoms with van der Waals surface area (Å²) in [6.45, 7) is 8.27. The van der Waals surface area contributed by atoms with E-state index in [-0.39, 0.29) is 0 Å². The predicted molar refractivity (Wildman–Crippen MR) is 72.6 cm³/mol. The van der Waals surface area contributed by atoms with Crippen molar-refractivity contribution in [3.05, 3.63) is 0 Å². The van der Waals surface area contributed by atoms with Gasteiger partial charge in [0.15, 0.2) is 0 Å². The molecule has 0 aromatic rings. The smallest absolute Gasteiger partial charge is 0.434 e. The Morgan fingerprint density at radius 3 is 2.26 bits per heavy atom. The van der Waals surface area contributed by atoms with Gasteiger partial charge in [-0.1, -0.05) is 39.5 Å². The first-order chi connectivity index (χ1) is 9.02. The quantitative estimate of drug-likeness (QED) is 0.186. The van der Waals surface area contributed by atoms with Gasteiger partial charge in [0, 0.05) is 13.8 Å². The maximum absolute atomic E-state index is 11.4. The number of rotatable bonds is 11. The molecule has 0 fully saturated rings. The number of hydrogen-bond donors (Lipinski definition) is 0. The molecule has 0 heterocycles. The second-order valence-electron chi connectivity index (χ2n) is 4.92. The van der Waals surface area contributed by atoms with E-state index in [0.717, 1.165) is 38.5 Å². The lowest BCUT2D eigenvalue weighted by molar-refractivity contribution is -0.407. The summed E-state index contributed by atoms with van der Waals surface area (Å²) in [5.74, 6) is -1.13. The van der Waals surface area contributed by atoms with Gasteiger partial charge in [0.05, 0.1) is 13.2 Å². The largest absolute Gasteiger partial charge is 0.510 e. The van der Waals surface area contributed by atoms with Gasteiger partial charge in [0.25, 0.3) is 0 Å². The SMILES string of the molecule is CCCCCCOC(=O)OC(C)(C)OOCCCC. The molecular formula is C14H28O5. The first-order valence-electron chi connectivity index (χ1n) is 7.18. The van der Waals surface area contributed by atoms with Crippen molar-refractivity contribution in [3.63, 3.8) is 0 Å². The first-order valence-corrected chi connectivity index (χ1v) is 7.18. The fourth-order valence-electron chi connectivity index (χ4n) is 1.32. The van der Waals surface area contributed by atoms with Crippen molar-refractivity contribution in [3.8, 4) is 0 Å². The number of carbonyl (C=O) groups excluding carboxylic acids is 1. The van der Waals surface area contributed by atoms with Gasteiger partial charge in [0.1, 0.15) is 0 Å². The minimum Gasteiger partial charge on any atom is -0.434 e. The Balaban J connectivity index is 3.64. The molecule has 0 aromatic heterocycles. The van der Waals surface area contributed by atoms with Crippen LogP contribution in [0.1, 0.15) is 66.2 Å². The highest BCUT2D eigenvalue weighted by molar-refractivity contribution is 5.60. The molecular weight excluding hydrogens is 248 g/mol. The van der Waals surface area contributed by atoms with Crippen LogP contribution < -0.4 is 0 Å². The summed E-state index contributed by atoms with van der Waals surface area (Å²) in [6.07, 6.45) is 5.42. The van der Waals surface area contributed by atoms with E-state index in [4.69, 9.17) is 19.2 Å². The molecule has 19 heavy (non-hydrogen) atoms. The van der Waals surface area contributed by atoms with Gasteiger partial charge in [-0.05, 0) is 12.8 Å². The number of carbonyl (C=O) groups is 1. The Kier molecular flexibility index (Phi) is 10.6. The standard InChI is InChI=1S/C14H28O5/c1-5-7-9-10-11-16-13(15)18-14(3,4)19-17-12-8-6-2/h5-12H2,1-4H3. The maximum Gasteiger partial charge on any atom is 0.510 e. The second-order valence-corrected chi connectivity index (χ2v) is 4.92. The molecule has 0 aromatic carbocycles. The Bertz CT molecular complexity index is 228. The molecule has 0 unspecified atom stereocenters. The van der Waals surface area contributed by atoms with Gasteiger partial charge < -0.3 is 9.47 Å². The zero-order chi connectivity index (χ0) is 14.6. The van der Waals surface area contributed by atoms with Crippen molar-refractivity contribution in [1.82, 2.24) is 0 Å². The monoisotopic (exact) mass is 276 g/mol. The Hall–Kier alpha value is -0.810. The van der Waals surface area contributed by atoms with Crippen molar-refractivity contribution in [1.29, 1.82) is 0 Å². The van der Waals surface area contributed by atoms with Crippen LogP contribution in [-0.2, 0) is 19.2 Å². The van der Waals surface area contributed by atoms with Crippen molar-refractivity contribution in [2.45, 2.75) is 72.0 Å². The second kappa shape index (κ2) is 11.1. The van der Waals surface area contributed by atoms with Crippen LogP contribution in [0.25, 0.3) is 0 Å². The molecule has 0 aliphatic rings. The third-order valence-electron chi connectivity index (χ3n) is 2.39. The lowest BCUT2D eigenvalue weighted by Gasteiger charge is -2.23. The van der Waals surface area contributed by atoms with Gasteiger partial charge >= 0.3 is 6.16 Å². The first kappa shape index (κ1) is 18.2. The molecule has 0 rings (SSSR count). The van der Waals surface area contributed by atoms with Crippen LogP contribution in [0.2, 0.25) is 0 Å². The van der Waals surface area contributed by atoms with Crippen molar-refractivity contribution in [2.75, 3.05) is 13.2 Å². The number of unbranched alkanes of at least 4 members (excludes halogenated alkanes) is 4. The van der Waals surface area contributed by atoms with Crippen molar-refractivity contribution < 1.29 is 24.0 Å². The van der Waals surface area contributed by atoms with Crippen molar-refractivity contribution >= 4 is 6.16 Å². The lowest BCUT2D eigenvalue weighted by atomic mass is 10.2. The number of ether oxygens (including phenoxy) is 2.